The highest BCUT2D eigenvalue weighted by Crippen LogP contribution is 2.29. The number of aromatic nitrogens is 1. The molecule has 0 aliphatic carbocycles. The van der Waals surface area contributed by atoms with Crippen LogP contribution in [0.15, 0.2) is 18.2 Å². The van der Waals surface area contributed by atoms with Crippen LogP contribution in [0.3, 0.4) is 0 Å². The Morgan fingerprint density at radius 2 is 1.92 bits per heavy atom. The summed E-state index contributed by atoms with van der Waals surface area (Å²) in [6, 6.07) is 4.24. The Kier molecular flexibility index (Phi) is 6.09. The van der Waals surface area contributed by atoms with Crippen LogP contribution in [-0.4, -0.2) is 75.5 Å². The normalized spacial score (nSPS) is 12.3. The molecule has 1 aromatic heterocycles. The fraction of sp³-hybridized carbons (Fsp3) is 0.467. The quantitative estimate of drug-likeness (QED) is 0.713. The lowest BCUT2D eigenvalue weighted by atomic mass is 10.3. The number of amides is 1. The van der Waals surface area contributed by atoms with E-state index in [-0.39, 0.29) is 18.3 Å². The largest absolute Gasteiger partial charge is 0.308 e. The number of nitrogens with zero attached hydrogens (tertiary/aromatic N) is 4. The van der Waals surface area contributed by atoms with Gasteiger partial charge in [-0.15, -0.1) is 0 Å². The molecule has 25 heavy (non-hydrogen) atoms. The first-order valence-corrected chi connectivity index (χ1v) is 10.2. The molecule has 1 heterocycles. The summed E-state index contributed by atoms with van der Waals surface area (Å²) in [5, 5.41) is 0.425. The van der Waals surface area contributed by atoms with Gasteiger partial charge in [0.25, 0.3) is 0 Å². The molecule has 0 unspecified atom stereocenters. The highest BCUT2D eigenvalue weighted by molar-refractivity contribution is 7.88. The average Bonchev–Trinajstić information content (AvgIpc) is 2.88. The van der Waals surface area contributed by atoms with E-state index in [1.54, 1.807) is 6.07 Å². The van der Waals surface area contributed by atoms with Crippen molar-refractivity contribution in [3.63, 3.8) is 0 Å². The van der Waals surface area contributed by atoms with Crippen LogP contribution < -0.4 is 4.90 Å². The topological polar surface area (TPSA) is 73.8 Å². The lowest BCUT2D eigenvalue weighted by Crippen LogP contribution is -2.43. The number of benzene rings is 1. The predicted molar refractivity (Wildman–Crippen MR) is 98.0 cm³/mol. The fourth-order valence-corrected chi connectivity index (χ4v) is 3.40. The number of carbonyl (C=O) groups excluding carboxylic acids is 1. The maximum atomic E-state index is 13.4. The molecule has 0 saturated carbocycles. The molecule has 0 bridgehead atoms. The zero-order chi connectivity index (χ0) is 18.8. The molecule has 1 amide bonds. The minimum absolute atomic E-state index is 0.281. The SMILES string of the molecule is CN(C)CCN(C(=O)CN(C)S(C)(=O)=O)c1nc2ccc(F)cc2s1. The van der Waals surface area contributed by atoms with E-state index in [9.17, 15) is 17.6 Å². The Labute approximate surface area is 150 Å². The van der Waals surface area contributed by atoms with E-state index in [1.807, 2.05) is 19.0 Å². The van der Waals surface area contributed by atoms with Gasteiger partial charge < -0.3 is 4.90 Å². The number of carbonyl (C=O) groups is 1. The molecule has 0 aliphatic heterocycles. The van der Waals surface area contributed by atoms with Gasteiger partial charge in [0.15, 0.2) is 5.13 Å². The van der Waals surface area contributed by atoms with Gasteiger partial charge >= 0.3 is 0 Å². The number of rotatable bonds is 7. The monoisotopic (exact) mass is 388 g/mol. The molecular weight excluding hydrogens is 367 g/mol. The van der Waals surface area contributed by atoms with Crippen LogP contribution in [0.1, 0.15) is 0 Å². The number of fused-ring (bicyclic) bond motifs is 1. The third kappa shape index (κ3) is 5.18. The number of hydrogen-bond donors (Lipinski definition) is 0. The van der Waals surface area contributed by atoms with Crippen LogP contribution >= 0.6 is 11.3 Å². The van der Waals surface area contributed by atoms with Crippen LogP contribution in [0.5, 0.6) is 0 Å². The highest BCUT2D eigenvalue weighted by Gasteiger charge is 2.24. The van der Waals surface area contributed by atoms with Gasteiger partial charge in [-0.1, -0.05) is 11.3 Å². The van der Waals surface area contributed by atoms with E-state index in [0.717, 1.165) is 10.6 Å². The maximum absolute atomic E-state index is 13.4. The summed E-state index contributed by atoms with van der Waals surface area (Å²) in [4.78, 5) is 20.4. The summed E-state index contributed by atoms with van der Waals surface area (Å²) in [7, 11) is 1.63. The number of sulfonamides is 1. The Morgan fingerprint density at radius 3 is 2.52 bits per heavy atom. The number of likely N-dealkylation sites (N-methyl/N-ethyl adjacent to an activating group) is 2. The van der Waals surface area contributed by atoms with Crippen LogP contribution in [0.4, 0.5) is 9.52 Å². The molecule has 0 spiro atoms. The van der Waals surface area contributed by atoms with Crippen molar-refractivity contribution in [1.82, 2.24) is 14.2 Å². The Hall–Kier alpha value is -1.62. The van der Waals surface area contributed by atoms with Gasteiger partial charge in [-0.3, -0.25) is 9.69 Å². The highest BCUT2D eigenvalue weighted by atomic mass is 32.2. The van der Waals surface area contributed by atoms with Crippen LogP contribution in [0.25, 0.3) is 10.2 Å². The lowest BCUT2D eigenvalue weighted by Gasteiger charge is -2.24. The van der Waals surface area contributed by atoms with Gasteiger partial charge in [0.1, 0.15) is 5.82 Å². The second kappa shape index (κ2) is 7.73. The van der Waals surface area contributed by atoms with E-state index in [0.29, 0.717) is 28.4 Å². The number of hydrogen-bond acceptors (Lipinski definition) is 6. The van der Waals surface area contributed by atoms with E-state index in [1.165, 1.54) is 35.4 Å². The molecule has 2 rings (SSSR count). The van der Waals surface area contributed by atoms with Crippen molar-refractivity contribution >= 4 is 42.6 Å². The van der Waals surface area contributed by atoms with Gasteiger partial charge in [-0.2, -0.15) is 4.31 Å². The second-order valence-electron chi connectivity index (χ2n) is 5.98. The molecule has 138 valence electrons. The summed E-state index contributed by atoms with van der Waals surface area (Å²) in [6.45, 7) is 0.654. The Bertz CT molecular complexity index is 867. The number of thiazole rings is 1. The average molecular weight is 388 g/mol. The predicted octanol–water partition coefficient (Wildman–Crippen LogP) is 1.22. The smallest absolute Gasteiger partial charge is 0.244 e. The molecule has 0 atom stereocenters. The van der Waals surface area contributed by atoms with Crippen molar-refractivity contribution < 1.29 is 17.6 Å². The van der Waals surface area contributed by atoms with Crippen molar-refractivity contribution in [3.8, 4) is 0 Å². The molecule has 0 saturated heterocycles. The second-order valence-corrected chi connectivity index (χ2v) is 9.07. The number of halogens is 1. The summed E-state index contributed by atoms with van der Waals surface area (Å²) >= 11 is 1.20. The van der Waals surface area contributed by atoms with Gasteiger partial charge in [0.2, 0.25) is 15.9 Å². The first-order valence-electron chi connectivity index (χ1n) is 7.50. The molecule has 7 nitrogen and oxygen atoms in total. The summed E-state index contributed by atoms with van der Waals surface area (Å²) in [5.74, 6) is -0.750. The lowest BCUT2D eigenvalue weighted by molar-refractivity contribution is -0.118. The van der Waals surface area contributed by atoms with Crippen LogP contribution in [0, 0.1) is 5.82 Å². The van der Waals surface area contributed by atoms with Crippen molar-refractivity contribution in [2.45, 2.75) is 0 Å². The van der Waals surface area contributed by atoms with E-state index in [4.69, 9.17) is 0 Å². The molecule has 0 aliphatic rings. The van der Waals surface area contributed by atoms with E-state index >= 15 is 0 Å². The molecule has 10 heteroatoms. The van der Waals surface area contributed by atoms with Crippen LogP contribution in [-0.2, 0) is 14.8 Å². The van der Waals surface area contributed by atoms with Gasteiger partial charge in [-0.25, -0.2) is 17.8 Å². The number of anilines is 1. The van der Waals surface area contributed by atoms with Crippen molar-refractivity contribution in [3.05, 3.63) is 24.0 Å². The zero-order valence-corrected chi connectivity index (χ0v) is 16.2. The minimum atomic E-state index is -3.47. The zero-order valence-electron chi connectivity index (χ0n) is 14.6. The van der Waals surface area contributed by atoms with Gasteiger partial charge in [0, 0.05) is 20.1 Å². The first kappa shape index (κ1) is 19.7. The molecule has 0 fully saturated rings. The maximum Gasteiger partial charge on any atom is 0.244 e. The molecule has 2 aromatic rings. The van der Waals surface area contributed by atoms with Crippen LogP contribution in [0.2, 0.25) is 0 Å². The van der Waals surface area contributed by atoms with E-state index in [2.05, 4.69) is 4.98 Å². The van der Waals surface area contributed by atoms with Gasteiger partial charge in [-0.05, 0) is 32.3 Å². The minimum Gasteiger partial charge on any atom is -0.308 e. The molecular formula is C15H21FN4O3S2. The molecule has 1 aromatic carbocycles. The molecule has 0 radical (unpaired) electrons. The third-order valence-electron chi connectivity index (χ3n) is 3.57. The summed E-state index contributed by atoms with van der Waals surface area (Å²) < 4.78 is 38.1. The van der Waals surface area contributed by atoms with Crippen molar-refractivity contribution in [2.24, 2.45) is 0 Å². The van der Waals surface area contributed by atoms with E-state index < -0.39 is 10.0 Å². The van der Waals surface area contributed by atoms with Gasteiger partial charge in [0.05, 0.1) is 23.0 Å². The molecule has 0 N–H and O–H groups in total. The fourth-order valence-electron chi connectivity index (χ4n) is 2.02. The van der Waals surface area contributed by atoms with Crippen molar-refractivity contribution in [1.29, 1.82) is 0 Å². The third-order valence-corrected chi connectivity index (χ3v) is 5.87. The Balaban J connectivity index is 2.31. The standard InChI is InChI=1S/C15H21FN4O3S2/c1-18(2)7-8-20(14(21)10-19(3)25(4,22)23)15-17-12-6-5-11(16)9-13(12)24-15/h5-6,9H,7-8,10H2,1-4H3. The Morgan fingerprint density at radius 1 is 1.24 bits per heavy atom. The summed E-state index contributed by atoms with van der Waals surface area (Å²) in [6.07, 6.45) is 1.05. The van der Waals surface area contributed by atoms with Crippen molar-refractivity contribution in [2.75, 3.05) is 51.9 Å². The first-order chi connectivity index (χ1) is 11.6. The summed E-state index contributed by atoms with van der Waals surface area (Å²) in [5.41, 5.74) is 0.598.